The van der Waals surface area contributed by atoms with Gasteiger partial charge in [-0.25, -0.2) is 4.39 Å². The van der Waals surface area contributed by atoms with E-state index in [9.17, 15) is 9.18 Å². The monoisotopic (exact) mass is 342 g/mol. The van der Waals surface area contributed by atoms with Crippen LogP contribution in [0.3, 0.4) is 0 Å². The van der Waals surface area contributed by atoms with Gasteiger partial charge in [-0.2, -0.15) is 0 Å². The van der Waals surface area contributed by atoms with E-state index in [0.29, 0.717) is 34.4 Å². The zero-order valence-corrected chi connectivity index (χ0v) is 12.7. The molecule has 4 rings (SSSR count). The van der Waals surface area contributed by atoms with Gasteiger partial charge < -0.3 is 20.1 Å². The Kier molecular flexibility index (Phi) is 4.46. The molecule has 3 aromatic rings. The molecular formula is C19H19FN2O3. The molecule has 6 heteroatoms. The van der Waals surface area contributed by atoms with Gasteiger partial charge in [-0.05, 0) is 30.3 Å². The van der Waals surface area contributed by atoms with Gasteiger partial charge in [-0.15, -0.1) is 0 Å². The molecule has 0 radical (unpaired) electrons. The summed E-state index contributed by atoms with van der Waals surface area (Å²) in [4.78, 5) is 15.5. The first-order valence-electron chi connectivity index (χ1n) is 7.68. The number of carbonyl (C=O) groups excluding carboxylic acids is 1. The molecule has 1 aliphatic heterocycles. The van der Waals surface area contributed by atoms with Crippen molar-refractivity contribution in [2.75, 3.05) is 18.5 Å². The van der Waals surface area contributed by atoms with Crippen LogP contribution in [-0.4, -0.2) is 29.2 Å². The lowest BCUT2D eigenvalue weighted by atomic mass is 9.96. The van der Waals surface area contributed by atoms with Crippen LogP contribution in [0, 0.1) is 5.82 Å². The van der Waals surface area contributed by atoms with E-state index >= 15 is 0 Å². The number of nitrogens with one attached hydrogen (secondary N) is 2. The first kappa shape index (κ1) is 17.0. The molecule has 0 fully saturated rings. The molecule has 2 aromatic carbocycles. The van der Waals surface area contributed by atoms with Crippen LogP contribution < -0.4 is 10.1 Å². The molecule has 5 nitrogen and oxygen atoms in total. The maximum absolute atomic E-state index is 14.5. The highest BCUT2D eigenvalue weighted by Gasteiger charge is 2.29. The van der Waals surface area contributed by atoms with Crippen molar-refractivity contribution in [1.29, 1.82) is 0 Å². The van der Waals surface area contributed by atoms with E-state index in [1.807, 2.05) is 12.1 Å². The molecule has 1 aromatic heterocycles. The Hall–Kier alpha value is -2.86. The fourth-order valence-corrected chi connectivity index (χ4v) is 3.08. The highest BCUT2D eigenvalue weighted by molar-refractivity contribution is 6.27. The van der Waals surface area contributed by atoms with E-state index < -0.39 is 5.82 Å². The number of H-pyrrole nitrogens is 1. The van der Waals surface area contributed by atoms with E-state index in [1.54, 1.807) is 18.3 Å². The Labute approximate surface area is 144 Å². The molecule has 0 bridgehead atoms. The van der Waals surface area contributed by atoms with Crippen LogP contribution in [0.15, 0.2) is 36.5 Å². The second-order valence-corrected chi connectivity index (χ2v) is 5.61. The van der Waals surface area contributed by atoms with E-state index in [4.69, 9.17) is 9.84 Å². The number of aromatic nitrogens is 1. The molecule has 1 amide bonds. The van der Waals surface area contributed by atoms with Crippen molar-refractivity contribution in [3.8, 4) is 17.0 Å². The average molecular weight is 342 g/mol. The Morgan fingerprint density at radius 3 is 2.76 bits per heavy atom. The first-order chi connectivity index (χ1) is 11.7. The zero-order chi connectivity index (χ0) is 16.7. The van der Waals surface area contributed by atoms with Gasteiger partial charge in [0, 0.05) is 35.9 Å². The predicted molar refractivity (Wildman–Crippen MR) is 95.6 cm³/mol. The van der Waals surface area contributed by atoms with Crippen LogP contribution in [0.2, 0.25) is 0 Å². The van der Waals surface area contributed by atoms with Crippen LogP contribution in [-0.2, 0) is 0 Å². The number of halogens is 1. The first-order valence-corrected chi connectivity index (χ1v) is 7.68. The third-order valence-electron chi connectivity index (χ3n) is 4.12. The standard InChI is InChI=1S/C18H15FN2O3.CH4/c19-11-4-5-13-17-15(18(23)21-13)10(12-3-1-6-20-12)9-14(16(11)17)24-8-2-7-22;/h1,3-6,9,20,22H,2,7-8H2,(H,21,23);1H4. The minimum absolute atomic E-state index is 0. The van der Waals surface area contributed by atoms with Gasteiger partial charge in [0.25, 0.3) is 5.91 Å². The largest absolute Gasteiger partial charge is 0.493 e. The number of benzene rings is 2. The summed E-state index contributed by atoms with van der Waals surface area (Å²) in [5.41, 5.74) is 2.43. The van der Waals surface area contributed by atoms with E-state index in [1.165, 1.54) is 6.07 Å². The summed E-state index contributed by atoms with van der Waals surface area (Å²) in [6.45, 7) is 0.257. The quantitative estimate of drug-likeness (QED) is 0.615. The maximum Gasteiger partial charge on any atom is 0.257 e. The summed E-state index contributed by atoms with van der Waals surface area (Å²) in [6.07, 6.45) is 2.21. The van der Waals surface area contributed by atoms with Crippen molar-refractivity contribution >= 4 is 22.4 Å². The number of carbonyl (C=O) groups is 1. The lowest BCUT2D eigenvalue weighted by molar-refractivity contribution is 0.103. The third-order valence-corrected chi connectivity index (χ3v) is 4.12. The number of hydrogen-bond donors (Lipinski definition) is 3. The molecule has 0 atom stereocenters. The topological polar surface area (TPSA) is 74.3 Å². The Balaban J connectivity index is 0.00000182. The summed E-state index contributed by atoms with van der Waals surface area (Å²) in [6, 6.07) is 8.23. The molecule has 0 spiro atoms. The van der Waals surface area contributed by atoms with Crippen molar-refractivity contribution in [2.24, 2.45) is 0 Å². The molecule has 2 heterocycles. The minimum atomic E-state index is -0.441. The molecule has 1 aliphatic rings. The van der Waals surface area contributed by atoms with Crippen LogP contribution >= 0.6 is 0 Å². The van der Waals surface area contributed by atoms with Gasteiger partial charge in [0.2, 0.25) is 0 Å². The number of amides is 1. The zero-order valence-electron chi connectivity index (χ0n) is 12.7. The van der Waals surface area contributed by atoms with E-state index in [0.717, 1.165) is 5.69 Å². The van der Waals surface area contributed by atoms with Crippen molar-refractivity contribution < 1.29 is 19.0 Å². The summed E-state index contributed by atoms with van der Waals surface area (Å²) in [5.74, 6) is -0.335. The molecule has 3 N–H and O–H groups in total. The fourth-order valence-electron chi connectivity index (χ4n) is 3.08. The molecule has 0 saturated heterocycles. The SMILES string of the molecule is C.O=C1Nc2ccc(F)c3c(OCCCO)cc(-c4ccc[nH]4)c1c23. The number of ether oxygens (including phenoxy) is 1. The number of anilines is 1. The van der Waals surface area contributed by atoms with Gasteiger partial charge in [-0.3, -0.25) is 4.79 Å². The molecular weight excluding hydrogens is 323 g/mol. The van der Waals surface area contributed by atoms with Gasteiger partial charge in [-0.1, -0.05) is 7.43 Å². The fraction of sp³-hybridized carbons (Fsp3) is 0.211. The third kappa shape index (κ3) is 2.64. The smallest absolute Gasteiger partial charge is 0.257 e. The Bertz CT molecular complexity index is 936. The number of rotatable bonds is 5. The van der Waals surface area contributed by atoms with Crippen LogP contribution in [0.5, 0.6) is 5.75 Å². The summed E-state index contributed by atoms with van der Waals surface area (Å²) < 4.78 is 20.2. The summed E-state index contributed by atoms with van der Waals surface area (Å²) in [5, 5.41) is 12.5. The van der Waals surface area contributed by atoms with Gasteiger partial charge >= 0.3 is 0 Å². The van der Waals surface area contributed by atoms with Crippen LogP contribution in [0.4, 0.5) is 10.1 Å². The van der Waals surface area contributed by atoms with Crippen LogP contribution in [0.25, 0.3) is 22.0 Å². The van der Waals surface area contributed by atoms with Gasteiger partial charge in [0.05, 0.1) is 23.2 Å². The summed E-state index contributed by atoms with van der Waals surface area (Å²) in [7, 11) is 0. The Morgan fingerprint density at radius 2 is 2.04 bits per heavy atom. The van der Waals surface area contributed by atoms with Crippen molar-refractivity contribution in [2.45, 2.75) is 13.8 Å². The number of aliphatic hydroxyl groups excluding tert-OH is 1. The lowest BCUT2D eigenvalue weighted by Gasteiger charge is -2.13. The van der Waals surface area contributed by atoms with Crippen LogP contribution in [0.1, 0.15) is 24.2 Å². The number of hydrogen-bond acceptors (Lipinski definition) is 3. The molecule has 0 saturated carbocycles. The highest BCUT2D eigenvalue weighted by Crippen LogP contribution is 2.44. The summed E-state index contributed by atoms with van der Waals surface area (Å²) >= 11 is 0. The second-order valence-electron chi connectivity index (χ2n) is 5.61. The van der Waals surface area contributed by atoms with E-state index in [2.05, 4.69) is 10.3 Å². The van der Waals surface area contributed by atoms with Gasteiger partial charge in [0.1, 0.15) is 11.6 Å². The second kappa shape index (κ2) is 6.57. The highest BCUT2D eigenvalue weighted by atomic mass is 19.1. The number of aliphatic hydroxyl groups is 1. The molecule has 0 unspecified atom stereocenters. The Morgan fingerprint density at radius 1 is 1.20 bits per heavy atom. The average Bonchev–Trinajstić information content (AvgIpc) is 3.21. The van der Waals surface area contributed by atoms with Crippen molar-refractivity contribution in [3.05, 3.63) is 47.9 Å². The lowest BCUT2D eigenvalue weighted by Crippen LogP contribution is -2.06. The maximum atomic E-state index is 14.5. The molecule has 25 heavy (non-hydrogen) atoms. The van der Waals surface area contributed by atoms with Gasteiger partial charge in [0.15, 0.2) is 0 Å². The molecule has 130 valence electrons. The van der Waals surface area contributed by atoms with Crippen molar-refractivity contribution in [1.82, 2.24) is 4.98 Å². The van der Waals surface area contributed by atoms with Crippen molar-refractivity contribution in [3.63, 3.8) is 0 Å². The van der Waals surface area contributed by atoms with E-state index in [-0.39, 0.29) is 31.9 Å². The predicted octanol–water partition coefficient (Wildman–Crippen LogP) is 3.94. The molecule has 0 aliphatic carbocycles. The minimum Gasteiger partial charge on any atom is -0.493 e. The number of aromatic amines is 1. The normalized spacial score (nSPS) is 12.2.